The third kappa shape index (κ3) is 3.18. The summed E-state index contributed by atoms with van der Waals surface area (Å²) in [4.78, 5) is 11.5. The van der Waals surface area contributed by atoms with Gasteiger partial charge in [-0.25, -0.2) is 0 Å². The molecule has 4 rings (SSSR count). The van der Waals surface area contributed by atoms with E-state index in [4.69, 9.17) is 0 Å². The predicted octanol–water partition coefficient (Wildman–Crippen LogP) is 2.47. The summed E-state index contributed by atoms with van der Waals surface area (Å²) in [6, 6.07) is 11.6. The van der Waals surface area contributed by atoms with Crippen molar-refractivity contribution in [3.8, 4) is 11.4 Å². The van der Waals surface area contributed by atoms with Crippen LogP contribution >= 0.6 is 0 Å². The molecule has 0 aromatic carbocycles. The Morgan fingerprint density at radius 1 is 1.05 bits per heavy atom. The van der Waals surface area contributed by atoms with Gasteiger partial charge in [0.15, 0.2) is 0 Å². The summed E-state index contributed by atoms with van der Waals surface area (Å²) in [7, 11) is 0. The van der Waals surface area contributed by atoms with Crippen LogP contribution in [0.5, 0.6) is 0 Å². The molecule has 0 radical (unpaired) electrons. The summed E-state index contributed by atoms with van der Waals surface area (Å²) in [6.45, 7) is 3.38. The predicted molar refractivity (Wildman–Crippen MR) is 87.3 cm³/mol. The molecule has 2 aromatic heterocycles. The monoisotopic (exact) mass is 294 g/mol. The van der Waals surface area contributed by atoms with Crippen LogP contribution in [-0.2, 0) is 6.54 Å². The molecule has 4 nitrogen and oxygen atoms in total. The lowest BCUT2D eigenvalue weighted by Crippen LogP contribution is -2.32. The van der Waals surface area contributed by atoms with Gasteiger partial charge in [-0.1, -0.05) is 12.1 Å². The van der Waals surface area contributed by atoms with Crippen LogP contribution in [0, 0.1) is 0 Å². The zero-order valence-corrected chi connectivity index (χ0v) is 12.8. The van der Waals surface area contributed by atoms with E-state index in [9.17, 15) is 0 Å². The molecule has 22 heavy (non-hydrogen) atoms. The highest BCUT2D eigenvalue weighted by molar-refractivity contribution is 5.53. The summed E-state index contributed by atoms with van der Waals surface area (Å²) in [5, 5.41) is 3.67. The summed E-state index contributed by atoms with van der Waals surface area (Å²) in [5.41, 5.74) is 3.10. The number of aromatic nitrogens is 2. The van der Waals surface area contributed by atoms with E-state index in [1.54, 1.807) is 6.20 Å². The first-order chi connectivity index (χ1) is 10.9. The Balaban J connectivity index is 1.32. The lowest BCUT2D eigenvalue weighted by Gasteiger charge is -2.15. The molecule has 1 saturated heterocycles. The van der Waals surface area contributed by atoms with Crippen molar-refractivity contribution < 1.29 is 0 Å². The van der Waals surface area contributed by atoms with Crippen molar-refractivity contribution in [3.63, 3.8) is 0 Å². The first-order valence-electron chi connectivity index (χ1n) is 8.22. The van der Waals surface area contributed by atoms with Gasteiger partial charge in [-0.15, -0.1) is 0 Å². The maximum atomic E-state index is 4.53. The normalized spacial score (nSPS) is 22.1. The smallest absolute Gasteiger partial charge is 0.0886 e. The molecular formula is C18H22N4. The quantitative estimate of drug-likeness (QED) is 0.920. The van der Waals surface area contributed by atoms with Crippen LogP contribution in [0.4, 0.5) is 0 Å². The standard InChI is InChI=1S/C18H22N4/c1-2-9-19-17(3-1)18-7-4-14(12-21-18)11-20-15-8-10-22(13-15)16-5-6-16/h1-4,7,9,12,15-16,20H,5-6,8,10-11,13H2. The van der Waals surface area contributed by atoms with Gasteiger partial charge in [0.25, 0.3) is 0 Å². The molecule has 2 fully saturated rings. The molecule has 0 bridgehead atoms. The Labute approximate surface area is 131 Å². The first-order valence-corrected chi connectivity index (χ1v) is 8.22. The summed E-state index contributed by atoms with van der Waals surface area (Å²) in [6.07, 6.45) is 7.86. The van der Waals surface area contributed by atoms with Crippen molar-refractivity contribution >= 4 is 0 Å². The Morgan fingerprint density at radius 3 is 2.68 bits per heavy atom. The molecule has 2 aliphatic rings. The van der Waals surface area contributed by atoms with E-state index in [2.05, 4.69) is 32.3 Å². The summed E-state index contributed by atoms with van der Waals surface area (Å²) < 4.78 is 0. The Kier molecular flexibility index (Phi) is 3.87. The molecule has 114 valence electrons. The van der Waals surface area contributed by atoms with Crippen LogP contribution in [0.2, 0.25) is 0 Å². The molecule has 1 saturated carbocycles. The summed E-state index contributed by atoms with van der Waals surface area (Å²) >= 11 is 0. The molecule has 3 heterocycles. The second kappa shape index (κ2) is 6.15. The Bertz CT molecular complexity index is 607. The number of hydrogen-bond donors (Lipinski definition) is 1. The first kappa shape index (κ1) is 13.9. The summed E-state index contributed by atoms with van der Waals surface area (Å²) in [5.74, 6) is 0. The number of likely N-dealkylation sites (tertiary alicyclic amines) is 1. The van der Waals surface area contributed by atoms with Crippen LogP contribution in [0.25, 0.3) is 11.4 Å². The van der Waals surface area contributed by atoms with Crippen molar-refractivity contribution in [2.24, 2.45) is 0 Å². The topological polar surface area (TPSA) is 41.0 Å². The van der Waals surface area contributed by atoms with E-state index in [-0.39, 0.29) is 0 Å². The van der Waals surface area contributed by atoms with Crippen molar-refractivity contribution in [2.45, 2.75) is 37.9 Å². The molecule has 1 aliphatic carbocycles. The number of pyridine rings is 2. The number of nitrogens with one attached hydrogen (secondary N) is 1. The van der Waals surface area contributed by atoms with E-state index >= 15 is 0 Å². The van der Waals surface area contributed by atoms with Gasteiger partial charge >= 0.3 is 0 Å². The number of rotatable bonds is 5. The lowest BCUT2D eigenvalue weighted by molar-refractivity contribution is 0.317. The SMILES string of the molecule is c1ccc(-c2ccc(CNC3CCN(C4CC4)C3)cn2)nc1. The van der Waals surface area contributed by atoms with Crippen molar-refractivity contribution in [1.29, 1.82) is 0 Å². The van der Waals surface area contributed by atoms with Gasteiger partial charge in [-0.3, -0.25) is 14.9 Å². The van der Waals surface area contributed by atoms with Gasteiger partial charge in [0, 0.05) is 44.1 Å². The van der Waals surface area contributed by atoms with Gasteiger partial charge in [0.1, 0.15) is 0 Å². The fourth-order valence-electron chi connectivity index (χ4n) is 3.18. The van der Waals surface area contributed by atoms with Crippen LogP contribution in [-0.4, -0.2) is 40.0 Å². The third-order valence-corrected chi connectivity index (χ3v) is 4.63. The van der Waals surface area contributed by atoms with Crippen molar-refractivity contribution in [2.75, 3.05) is 13.1 Å². The van der Waals surface area contributed by atoms with Crippen molar-refractivity contribution in [3.05, 3.63) is 48.3 Å². The second-order valence-electron chi connectivity index (χ2n) is 6.36. The molecule has 2 aromatic rings. The zero-order chi connectivity index (χ0) is 14.8. The average molecular weight is 294 g/mol. The van der Waals surface area contributed by atoms with Gasteiger partial charge in [-0.05, 0) is 43.0 Å². The average Bonchev–Trinajstić information content (AvgIpc) is 3.33. The van der Waals surface area contributed by atoms with Crippen LogP contribution in [0.1, 0.15) is 24.8 Å². The molecule has 1 atom stereocenters. The molecule has 1 aliphatic heterocycles. The largest absolute Gasteiger partial charge is 0.309 e. The Morgan fingerprint density at radius 2 is 1.95 bits per heavy atom. The minimum absolute atomic E-state index is 0.635. The highest BCUT2D eigenvalue weighted by Crippen LogP contribution is 2.29. The van der Waals surface area contributed by atoms with Gasteiger partial charge in [0.2, 0.25) is 0 Å². The van der Waals surface area contributed by atoms with Crippen molar-refractivity contribution in [1.82, 2.24) is 20.2 Å². The van der Waals surface area contributed by atoms with E-state index in [0.717, 1.165) is 24.0 Å². The fraction of sp³-hybridized carbons (Fsp3) is 0.444. The van der Waals surface area contributed by atoms with E-state index in [0.29, 0.717) is 6.04 Å². The lowest BCUT2D eigenvalue weighted by atomic mass is 10.2. The van der Waals surface area contributed by atoms with E-state index in [1.165, 1.54) is 37.9 Å². The number of nitrogens with zero attached hydrogens (tertiary/aromatic N) is 3. The van der Waals surface area contributed by atoms with Gasteiger partial charge in [0.05, 0.1) is 11.4 Å². The molecule has 1 N–H and O–H groups in total. The molecule has 0 spiro atoms. The molecule has 0 amide bonds. The molecular weight excluding hydrogens is 272 g/mol. The highest BCUT2D eigenvalue weighted by Gasteiger charge is 2.33. The van der Waals surface area contributed by atoms with Crippen LogP contribution < -0.4 is 5.32 Å². The maximum Gasteiger partial charge on any atom is 0.0886 e. The number of hydrogen-bond acceptors (Lipinski definition) is 4. The highest BCUT2D eigenvalue weighted by atomic mass is 15.2. The minimum Gasteiger partial charge on any atom is -0.309 e. The molecule has 1 unspecified atom stereocenters. The van der Waals surface area contributed by atoms with E-state index < -0.39 is 0 Å². The van der Waals surface area contributed by atoms with Crippen LogP contribution in [0.3, 0.4) is 0 Å². The maximum absolute atomic E-state index is 4.53. The van der Waals surface area contributed by atoms with Gasteiger partial charge in [-0.2, -0.15) is 0 Å². The van der Waals surface area contributed by atoms with E-state index in [1.807, 2.05) is 24.4 Å². The Hall–Kier alpha value is -1.78. The molecule has 4 heteroatoms. The second-order valence-corrected chi connectivity index (χ2v) is 6.36. The fourth-order valence-corrected chi connectivity index (χ4v) is 3.18. The third-order valence-electron chi connectivity index (χ3n) is 4.63. The van der Waals surface area contributed by atoms with Crippen LogP contribution in [0.15, 0.2) is 42.7 Å². The minimum atomic E-state index is 0.635. The zero-order valence-electron chi connectivity index (χ0n) is 12.8. The van der Waals surface area contributed by atoms with Gasteiger partial charge < -0.3 is 5.32 Å².